The minimum Gasteiger partial charge on any atom is -0.409 e. The van der Waals surface area contributed by atoms with Gasteiger partial charge in [0.25, 0.3) is 5.91 Å². The van der Waals surface area contributed by atoms with Crippen molar-refractivity contribution in [1.29, 1.82) is 0 Å². The van der Waals surface area contributed by atoms with Crippen molar-refractivity contribution in [3.8, 4) is 0 Å². The second kappa shape index (κ2) is 6.21. The van der Waals surface area contributed by atoms with E-state index >= 15 is 0 Å². The minimum absolute atomic E-state index is 0.0170. The summed E-state index contributed by atoms with van der Waals surface area (Å²) in [5.74, 6) is -0.232. The van der Waals surface area contributed by atoms with Crippen LogP contribution >= 0.6 is 0 Å². The molecule has 0 aliphatic carbocycles. The van der Waals surface area contributed by atoms with Crippen molar-refractivity contribution >= 4 is 17.6 Å². The number of hydrogen-bond acceptors (Lipinski definition) is 5. The highest BCUT2D eigenvalue weighted by atomic mass is 16.4. The van der Waals surface area contributed by atoms with Gasteiger partial charge in [0.15, 0.2) is 5.84 Å². The predicted molar refractivity (Wildman–Crippen MR) is 74.9 cm³/mol. The largest absolute Gasteiger partial charge is 0.409 e. The molecule has 3 N–H and O–H groups in total. The summed E-state index contributed by atoms with van der Waals surface area (Å²) in [4.78, 5) is 30.9. The molecule has 1 saturated heterocycles. The highest BCUT2D eigenvalue weighted by molar-refractivity contribution is 5.98. The van der Waals surface area contributed by atoms with Gasteiger partial charge < -0.3 is 20.7 Å². The normalized spacial score (nSPS) is 16.0. The maximum atomic E-state index is 12.3. The van der Waals surface area contributed by atoms with Crippen molar-refractivity contribution in [1.82, 2.24) is 14.8 Å². The highest BCUT2D eigenvalue weighted by Gasteiger charge is 2.23. The summed E-state index contributed by atoms with van der Waals surface area (Å²) in [5, 5.41) is 11.4. The molecule has 0 spiro atoms. The van der Waals surface area contributed by atoms with Crippen LogP contribution < -0.4 is 5.73 Å². The Hall–Kier alpha value is -2.64. The number of carbonyl (C=O) groups excluding carboxylic acids is 2. The molecule has 0 bridgehead atoms. The topological polar surface area (TPSA) is 112 Å². The van der Waals surface area contributed by atoms with Crippen molar-refractivity contribution in [2.45, 2.75) is 6.92 Å². The lowest BCUT2D eigenvalue weighted by Gasteiger charge is -2.34. The molecule has 1 aliphatic rings. The molecule has 112 valence electrons. The molecule has 0 radical (unpaired) electrons. The second-order valence-corrected chi connectivity index (χ2v) is 4.72. The number of oxime groups is 1. The van der Waals surface area contributed by atoms with E-state index in [9.17, 15) is 9.59 Å². The molecular weight excluding hydrogens is 274 g/mol. The van der Waals surface area contributed by atoms with Crippen molar-refractivity contribution in [3.05, 3.63) is 29.6 Å². The number of amides is 2. The molecule has 1 aliphatic heterocycles. The summed E-state index contributed by atoms with van der Waals surface area (Å²) in [6.45, 7) is 3.56. The van der Waals surface area contributed by atoms with Gasteiger partial charge in [0.05, 0.1) is 0 Å². The standard InChI is InChI=1S/C13H17N5O3/c1-9(19)17-4-6-18(7-5-17)13(20)11-3-2-10(8-15-11)12(14)16-21/h2-3,8,21H,4-7H2,1H3,(H2,14,16). The molecule has 2 heterocycles. The zero-order valence-electron chi connectivity index (χ0n) is 11.7. The van der Waals surface area contributed by atoms with Gasteiger partial charge in [0, 0.05) is 44.9 Å². The Kier molecular flexibility index (Phi) is 4.36. The summed E-state index contributed by atoms with van der Waals surface area (Å²) in [5.41, 5.74) is 6.17. The Balaban J connectivity index is 2.02. The average molecular weight is 291 g/mol. The van der Waals surface area contributed by atoms with E-state index in [-0.39, 0.29) is 17.6 Å². The van der Waals surface area contributed by atoms with Gasteiger partial charge in [-0.05, 0) is 12.1 Å². The van der Waals surface area contributed by atoms with E-state index < -0.39 is 0 Å². The Labute approximate surface area is 121 Å². The van der Waals surface area contributed by atoms with Gasteiger partial charge in [-0.2, -0.15) is 0 Å². The molecule has 0 unspecified atom stereocenters. The molecule has 1 aromatic rings. The van der Waals surface area contributed by atoms with Crippen LogP contribution in [0.15, 0.2) is 23.5 Å². The molecule has 2 rings (SSSR count). The first-order valence-electron chi connectivity index (χ1n) is 6.51. The van der Waals surface area contributed by atoms with Crippen LogP contribution in [0, 0.1) is 0 Å². The second-order valence-electron chi connectivity index (χ2n) is 4.72. The van der Waals surface area contributed by atoms with Crippen LogP contribution in [0.5, 0.6) is 0 Å². The van der Waals surface area contributed by atoms with E-state index in [2.05, 4.69) is 10.1 Å². The van der Waals surface area contributed by atoms with Gasteiger partial charge in [-0.1, -0.05) is 5.16 Å². The number of amidine groups is 1. The fourth-order valence-corrected chi connectivity index (χ4v) is 2.12. The Morgan fingerprint density at radius 1 is 1.24 bits per heavy atom. The Morgan fingerprint density at radius 2 is 1.86 bits per heavy atom. The molecule has 0 saturated carbocycles. The fraction of sp³-hybridized carbons (Fsp3) is 0.385. The summed E-state index contributed by atoms with van der Waals surface area (Å²) in [6.07, 6.45) is 1.38. The molecule has 8 heteroatoms. The van der Waals surface area contributed by atoms with Gasteiger partial charge in [-0.15, -0.1) is 0 Å². The van der Waals surface area contributed by atoms with Crippen molar-refractivity contribution < 1.29 is 14.8 Å². The van der Waals surface area contributed by atoms with Crippen LogP contribution in [0.3, 0.4) is 0 Å². The SMILES string of the molecule is CC(=O)N1CCN(C(=O)c2ccc(C(N)=NO)cn2)CC1. The summed E-state index contributed by atoms with van der Waals surface area (Å²) in [7, 11) is 0. The monoisotopic (exact) mass is 291 g/mol. The van der Waals surface area contributed by atoms with E-state index in [4.69, 9.17) is 10.9 Å². The van der Waals surface area contributed by atoms with Crippen LogP contribution in [0.1, 0.15) is 23.0 Å². The maximum absolute atomic E-state index is 12.3. The Morgan fingerprint density at radius 3 is 2.33 bits per heavy atom. The lowest BCUT2D eigenvalue weighted by Crippen LogP contribution is -2.50. The lowest BCUT2D eigenvalue weighted by atomic mass is 10.2. The first-order valence-corrected chi connectivity index (χ1v) is 6.51. The number of nitrogens with zero attached hydrogens (tertiary/aromatic N) is 4. The van der Waals surface area contributed by atoms with Gasteiger partial charge in [0.2, 0.25) is 5.91 Å². The highest BCUT2D eigenvalue weighted by Crippen LogP contribution is 2.08. The molecule has 0 atom stereocenters. The molecule has 1 aromatic heterocycles. The zero-order chi connectivity index (χ0) is 15.4. The van der Waals surface area contributed by atoms with Gasteiger partial charge in [0.1, 0.15) is 5.69 Å². The van der Waals surface area contributed by atoms with E-state index in [1.165, 1.54) is 19.2 Å². The summed E-state index contributed by atoms with van der Waals surface area (Å²) in [6, 6.07) is 3.11. The molecule has 8 nitrogen and oxygen atoms in total. The van der Waals surface area contributed by atoms with Crippen molar-refractivity contribution in [2.75, 3.05) is 26.2 Å². The van der Waals surface area contributed by atoms with Crippen LogP contribution in [-0.4, -0.2) is 63.8 Å². The number of rotatable bonds is 2. The zero-order valence-corrected chi connectivity index (χ0v) is 11.7. The van der Waals surface area contributed by atoms with Gasteiger partial charge in [-0.3, -0.25) is 14.6 Å². The van der Waals surface area contributed by atoms with E-state index in [1.54, 1.807) is 15.9 Å². The van der Waals surface area contributed by atoms with Crippen LogP contribution in [0.25, 0.3) is 0 Å². The first-order chi connectivity index (χ1) is 10.0. The molecular formula is C13H17N5O3. The quantitative estimate of drug-likeness (QED) is 0.329. The minimum atomic E-state index is -0.190. The lowest BCUT2D eigenvalue weighted by molar-refractivity contribution is -0.130. The number of piperazine rings is 1. The summed E-state index contributed by atoms with van der Waals surface area (Å²) >= 11 is 0. The number of hydrogen-bond donors (Lipinski definition) is 2. The smallest absolute Gasteiger partial charge is 0.272 e. The maximum Gasteiger partial charge on any atom is 0.272 e. The fourth-order valence-electron chi connectivity index (χ4n) is 2.12. The van der Waals surface area contributed by atoms with Gasteiger partial charge >= 0.3 is 0 Å². The van der Waals surface area contributed by atoms with Gasteiger partial charge in [-0.25, -0.2) is 0 Å². The third kappa shape index (κ3) is 3.28. The van der Waals surface area contributed by atoms with Crippen LogP contribution in [-0.2, 0) is 4.79 Å². The predicted octanol–water partition coefficient (Wildman–Crippen LogP) is -0.520. The molecule has 21 heavy (non-hydrogen) atoms. The third-order valence-corrected chi connectivity index (χ3v) is 3.40. The number of nitrogens with two attached hydrogens (primary N) is 1. The van der Waals surface area contributed by atoms with E-state index in [0.29, 0.717) is 37.4 Å². The van der Waals surface area contributed by atoms with Crippen molar-refractivity contribution in [2.24, 2.45) is 10.9 Å². The molecule has 1 fully saturated rings. The Bertz CT molecular complexity index is 562. The first kappa shape index (κ1) is 14.8. The van der Waals surface area contributed by atoms with Crippen molar-refractivity contribution in [3.63, 3.8) is 0 Å². The van der Waals surface area contributed by atoms with Crippen LogP contribution in [0.4, 0.5) is 0 Å². The third-order valence-electron chi connectivity index (χ3n) is 3.40. The number of carbonyl (C=O) groups is 2. The average Bonchev–Trinajstić information content (AvgIpc) is 2.53. The molecule has 2 amide bonds. The summed E-state index contributed by atoms with van der Waals surface area (Å²) < 4.78 is 0. The van der Waals surface area contributed by atoms with E-state index in [0.717, 1.165) is 0 Å². The number of aromatic nitrogens is 1. The number of pyridine rings is 1. The van der Waals surface area contributed by atoms with E-state index in [1.807, 2.05) is 0 Å². The molecule has 0 aromatic carbocycles. The van der Waals surface area contributed by atoms with Crippen LogP contribution in [0.2, 0.25) is 0 Å².